The first-order chi connectivity index (χ1) is 4.18. The summed E-state index contributed by atoms with van der Waals surface area (Å²) in [6.45, 7) is 3.15. The Hall–Kier alpha value is -0.580. The topological polar surface area (TPSA) is 37.3 Å². The van der Waals surface area contributed by atoms with E-state index in [1.165, 1.54) is 6.92 Å². The molecule has 0 aliphatic carbocycles. The van der Waals surface area contributed by atoms with Crippen LogP contribution in [0, 0.1) is 0 Å². The van der Waals surface area contributed by atoms with Crippen molar-refractivity contribution in [3.63, 3.8) is 0 Å². The quantitative estimate of drug-likeness (QED) is 0.661. The summed E-state index contributed by atoms with van der Waals surface area (Å²) in [5.41, 5.74) is 0. The molecule has 5 heteroatoms. The molecule has 0 spiro atoms. The molecule has 0 aromatic rings. The van der Waals surface area contributed by atoms with Gasteiger partial charge in [0.05, 0.1) is 0 Å². The SMILES string of the molecule is CCC(O)C(C)=O.F.FF. The number of rotatable bonds is 2. The molecule has 0 rings (SSSR count). The lowest BCUT2D eigenvalue weighted by Crippen LogP contribution is -2.14. The van der Waals surface area contributed by atoms with Crippen LogP contribution in [0.3, 0.4) is 0 Å². The Morgan fingerprint density at radius 1 is 1.60 bits per heavy atom. The fraction of sp³-hybridized carbons (Fsp3) is 0.800. The lowest BCUT2D eigenvalue weighted by molar-refractivity contribution is -0.124. The molecule has 0 bridgehead atoms. The summed E-state index contributed by atoms with van der Waals surface area (Å²) in [5.74, 6) is -0.150. The Balaban J connectivity index is -0.000000149. The van der Waals surface area contributed by atoms with Gasteiger partial charge in [-0.3, -0.25) is 9.50 Å². The van der Waals surface area contributed by atoms with Gasteiger partial charge < -0.3 is 5.11 Å². The first-order valence-corrected chi connectivity index (χ1v) is 2.51. The van der Waals surface area contributed by atoms with Crippen molar-refractivity contribution in [1.82, 2.24) is 0 Å². The zero-order valence-corrected chi connectivity index (χ0v) is 5.80. The molecule has 10 heavy (non-hydrogen) atoms. The number of aliphatic hydroxyl groups is 1. The molecule has 0 fully saturated rings. The fourth-order valence-corrected chi connectivity index (χ4v) is 0.287. The van der Waals surface area contributed by atoms with Crippen LogP contribution in [0.5, 0.6) is 0 Å². The smallest absolute Gasteiger partial charge is 0.158 e. The number of hydrogen-bond acceptors (Lipinski definition) is 2. The number of carbonyl (C=O) groups excluding carboxylic acids is 1. The van der Waals surface area contributed by atoms with E-state index in [0.717, 1.165) is 0 Å². The van der Waals surface area contributed by atoms with Crippen LogP contribution < -0.4 is 0 Å². The predicted octanol–water partition coefficient (Wildman–Crippen LogP) is 1.34. The van der Waals surface area contributed by atoms with Crippen molar-refractivity contribution in [3.8, 4) is 0 Å². The van der Waals surface area contributed by atoms with Crippen molar-refractivity contribution in [1.29, 1.82) is 0 Å². The van der Waals surface area contributed by atoms with E-state index in [4.69, 9.17) is 14.3 Å². The minimum atomic E-state index is -0.736. The van der Waals surface area contributed by atoms with Crippen LogP contribution in [-0.2, 0) is 4.79 Å². The van der Waals surface area contributed by atoms with Gasteiger partial charge in [-0.05, 0) is 13.3 Å². The summed E-state index contributed by atoms with van der Waals surface area (Å²) in [6.07, 6.45) is -0.213. The van der Waals surface area contributed by atoms with E-state index in [-0.39, 0.29) is 10.5 Å². The van der Waals surface area contributed by atoms with Gasteiger partial charge in [0.1, 0.15) is 6.10 Å². The highest BCUT2D eigenvalue weighted by Crippen LogP contribution is 1.88. The monoisotopic (exact) mass is 160 g/mol. The normalized spacial score (nSPS) is 10.1. The number of hydrogen-bond donors (Lipinski definition) is 1. The van der Waals surface area contributed by atoms with Crippen LogP contribution in [0.2, 0.25) is 0 Å². The van der Waals surface area contributed by atoms with E-state index >= 15 is 0 Å². The maximum absolute atomic E-state index is 10.1. The Morgan fingerprint density at radius 2 is 1.90 bits per heavy atom. The highest BCUT2D eigenvalue weighted by atomic mass is 20.0. The molecular formula is C5H11F3O2. The summed E-state index contributed by atoms with van der Waals surface area (Å²) < 4.78 is 16.0. The number of carbonyl (C=O) groups is 1. The summed E-state index contributed by atoms with van der Waals surface area (Å²) in [7, 11) is 0. The van der Waals surface area contributed by atoms with E-state index in [9.17, 15) is 4.79 Å². The summed E-state index contributed by atoms with van der Waals surface area (Å²) >= 11 is 0. The van der Waals surface area contributed by atoms with Crippen LogP contribution in [0.15, 0.2) is 0 Å². The van der Waals surface area contributed by atoms with Gasteiger partial charge in [0, 0.05) is 9.15 Å². The van der Waals surface area contributed by atoms with Gasteiger partial charge >= 0.3 is 0 Å². The predicted molar refractivity (Wildman–Crippen MR) is 31.7 cm³/mol. The first-order valence-electron chi connectivity index (χ1n) is 2.51. The maximum atomic E-state index is 10.1. The standard InChI is InChI=1S/C5H10O2.F2.FH/c1-3-5(7)4(2)6;1-2;/h5,7H,3H2,1-2H3;;1H. The second-order valence-corrected chi connectivity index (χ2v) is 1.53. The van der Waals surface area contributed by atoms with Gasteiger partial charge in [-0.15, -0.1) is 0 Å². The zero-order chi connectivity index (χ0) is 7.86. The molecule has 0 aliphatic heterocycles. The average Bonchev–Trinajstić information content (AvgIpc) is 1.91. The van der Waals surface area contributed by atoms with Crippen molar-refractivity contribution in [2.24, 2.45) is 0 Å². The Bertz CT molecular complexity index is 77.3. The van der Waals surface area contributed by atoms with Crippen molar-refractivity contribution >= 4 is 5.78 Å². The molecular weight excluding hydrogens is 149 g/mol. The highest BCUT2D eigenvalue weighted by Gasteiger charge is 2.03. The molecule has 0 heterocycles. The van der Waals surface area contributed by atoms with Crippen molar-refractivity contribution in [3.05, 3.63) is 0 Å². The minimum absolute atomic E-state index is 0. The molecule has 1 unspecified atom stereocenters. The molecule has 2 nitrogen and oxygen atoms in total. The Morgan fingerprint density at radius 3 is 1.90 bits per heavy atom. The summed E-state index contributed by atoms with van der Waals surface area (Å²) in [5, 5.41) is 8.59. The second-order valence-electron chi connectivity index (χ2n) is 1.53. The van der Waals surface area contributed by atoms with Crippen LogP contribution in [0.1, 0.15) is 20.3 Å². The number of Topliss-reactive ketones (excluding diaryl/α,β-unsaturated/α-hetero) is 1. The number of halogens is 3. The van der Waals surface area contributed by atoms with Gasteiger partial charge in [0.25, 0.3) is 0 Å². The van der Waals surface area contributed by atoms with Crippen molar-refractivity contribution in [2.75, 3.05) is 0 Å². The van der Waals surface area contributed by atoms with Gasteiger partial charge in [-0.2, -0.15) is 0 Å². The highest BCUT2D eigenvalue weighted by molar-refractivity contribution is 5.79. The molecule has 0 aromatic heterocycles. The summed E-state index contributed by atoms with van der Waals surface area (Å²) in [4.78, 5) is 10.1. The third-order valence-electron chi connectivity index (χ3n) is 0.856. The van der Waals surface area contributed by atoms with Crippen molar-refractivity contribution in [2.45, 2.75) is 26.4 Å². The molecule has 0 aromatic carbocycles. The van der Waals surface area contributed by atoms with Crippen molar-refractivity contribution < 1.29 is 23.8 Å². The molecule has 0 saturated heterocycles. The van der Waals surface area contributed by atoms with Gasteiger partial charge in [0.2, 0.25) is 0 Å². The molecule has 64 valence electrons. The summed E-state index contributed by atoms with van der Waals surface area (Å²) in [6, 6.07) is 0. The lowest BCUT2D eigenvalue weighted by atomic mass is 10.2. The maximum Gasteiger partial charge on any atom is 0.158 e. The number of aliphatic hydroxyl groups excluding tert-OH is 1. The molecule has 0 aliphatic rings. The van der Waals surface area contributed by atoms with Gasteiger partial charge in [-0.25, -0.2) is 0 Å². The van der Waals surface area contributed by atoms with E-state index in [1.54, 1.807) is 6.92 Å². The van der Waals surface area contributed by atoms with Gasteiger partial charge in [0.15, 0.2) is 5.78 Å². The van der Waals surface area contributed by atoms with Gasteiger partial charge in [-0.1, -0.05) is 6.92 Å². The zero-order valence-electron chi connectivity index (χ0n) is 5.80. The Labute approximate surface area is 57.1 Å². The van der Waals surface area contributed by atoms with Crippen LogP contribution in [0.4, 0.5) is 13.9 Å². The third kappa shape index (κ3) is 10.4. The second kappa shape index (κ2) is 11.2. The molecule has 0 radical (unpaired) electrons. The van der Waals surface area contributed by atoms with E-state index in [2.05, 4.69) is 0 Å². The van der Waals surface area contributed by atoms with Crippen LogP contribution in [0.25, 0.3) is 0 Å². The van der Waals surface area contributed by atoms with Crippen LogP contribution in [-0.4, -0.2) is 17.0 Å². The molecule has 0 saturated carbocycles. The largest absolute Gasteiger partial charge is 0.385 e. The minimum Gasteiger partial charge on any atom is -0.385 e. The van der Waals surface area contributed by atoms with Crippen LogP contribution >= 0.6 is 0 Å². The molecule has 0 amide bonds. The average molecular weight is 160 g/mol. The first kappa shape index (κ1) is 16.2. The van der Waals surface area contributed by atoms with E-state index in [1.807, 2.05) is 0 Å². The lowest BCUT2D eigenvalue weighted by Gasteiger charge is -1.97. The number of ketones is 1. The third-order valence-corrected chi connectivity index (χ3v) is 0.856. The molecule has 1 atom stereocenters. The fourth-order valence-electron chi connectivity index (χ4n) is 0.287. The van der Waals surface area contributed by atoms with E-state index in [0.29, 0.717) is 6.42 Å². The Kier molecular flexibility index (Phi) is 18.2. The molecule has 1 N–H and O–H groups in total. The van der Waals surface area contributed by atoms with E-state index < -0.39 is 6.10 Å².